The Hall–Kier alpha value is -1.48. The molecule has 3 N–H and O–H groups in total. The molecule has 0 fully saturated rings. The zero-order valence-electron chi connectivity index (χ0n) is 9.00. The highest BCUT2D eigenvalue weighted by Crippen LogP contribution is 2.27. The van der Waals surface area contributed by atoms with E-state index in [2.05, 4.69) is 21.2 Å². The van der Waals surface area contributed by atoms with E-state index in [9.17, 15) is 0 Å². The van der Waals surface area contributed by atoms with Crippen LogP contribution in [0.5, 0.6) is 0 Å². The lowest BCUT2D eigenvalue weighted by atomic mass is 10.1. The highest BCUT2D eigenvalue weighted by molar-refractivity contribution is 9.10. The molecule has 0 amide bonds. The van der Waals surface area contributed by atoms with E-state index in [0.717, 1.165) is 27.1 Å². The third-order valence-corrected chi connectivity index (χ3v) is 2.89. The van der Waals surface area contributed by atoms with Crippen LogP contribution in [0.3, 0.4) is 0 Å². The Morgan fingerprint density at radius 2 is 1.88 bits per heavy atom. The van der Waals surface area contributed by atoms with Gasteiger partial charge in [0.15, 0.2) is 0 Å². The molecule has 2 aromatic carbocycles. The predicted molar refractivity (Wildman–Crippen MR) is 73.0 cm³/mol. The SMILES string of the molecule is Cc1cccc(N)c1Nc1cccc(Br)c1. The van der Waals surface area contributed by atoms with E-state index in [1.165, 1.54) is 0 Å². The van der Waals surface area contributed by atoms with Gasteiger partial charge in [-0.2, -0.15) is 0 Å². The Morgan fingerprint density at radius 3 is 2.56 bits per heavy atom. The highest BCUT2D eigenvalue weighted by atomic mass is 79.9. The number of nitrogens with two attached hydrogens (primary N) is 1. The summed E-state index contributed by atoms with van der Waals surface area (Å²) in [5.41, 5.74) is 9.83. The molecule has 0 heterocycles. The Morgan fingerprint density at radius 1 is 1.12 bits per heavy atom. The van der Waals surface area contributed by atoms with E-state index >= 15 is 0 Å². The first-order valence-electron chi connectivity index (χ1n) is 5.04. The second-order valence-corrected chi connectivity index (χ2v) is 4.59. The summed E-state index contributed by atoms with van der Waals surface area (Å²) in [6, 6.07) is 13.9. The van der Waals surface area contributed by atoms with Crippen molar-refractivity contribution < 1.29 is 0 Å². The van der Waals surface area contributed by atoms with Crippen molar-refractivity contribution in [1.82, 2.24) is 0 Å². The van der Waals surface area contributed by atoms with Crippen LogP contribution in [0, 0.1) is 6.92 Å². The van der Waals surface area contributed by atoms with Crippen LogP contribution in [-0.4, -0.2) is 0 Å². The fraction of sp³-hybridized carbons (Fsp3) is 0.0769. The number of hydrogen-bond acceptors (Lipinski definition) is 2. The van der Waals surface area contributed by atoms with Crippen LogP contribution in [0.15, 0.2) is 46.9 Å². The fourth-order valence-electron chi connectivity index (χ4n) is 1.57. The molecule has 0 aromatic heterocycles. The molecule has 0 saturated carbocycles. The van der Waals surface area contributed by atoms with E-state index in [-0.39, 0.29) is 0 Å². The van der Waals surface area contributed by atoms with Gasteiger partial charge in [0.2, 0.25) is 0 Å². The quantitative estimate of drug-likeness (QED) is 0.811. The first kappa shape index (κ1) is 11.0. The lowest BCUT2D eigenvalue weighted by Crippen LogP contribution is -1.98. The summed E-state index contributed by atoms with van der Waals surface area (Å²) in [5, 5.41) is 3.33. The largest absolute Gasteiger partial charge is 0.397 e. The highest BCUT2D eigenvalue weighted by Gasteiger charge is 2.02. The monoisotopic (exact) mass is 276 g/mol. The van der Waals surface area contributed by atoms with Crippen LogP contribution in [0.1, 0.15) is 5.56 Å². The van der Waals surface area contributed by atoms with Gasteiger partial charge >= 0.3 is 0 Å². The van der Waals surface area contributed by atoms with Crippen molar-refractivity contribution in [2.24, 2.45) is 0 Å². The summed E-state index contributed by atoms with van der Waals surface area (Å²) >= 11 is 3.44. The molecule has 0 aliphatic carbocycles. The molecule has 16 heavy (non-hydrogen) atoms. The standard InChI is InChI=1S/C13H13BrN2/c1-9-4-2-7-12(15)13(9)16-11-6-3-5-10(14)8-11/h2-8,16H,15H2,1H3. The van der Waals surface area contributed by atoms with Gasteiger partial charge in [-0.1, -0.05) is 34.1 Å². The van der Waals surface area contributed by atoms with Crippen LogP contribution in [-0.2, 0) is 0 Å². The number of halogens is 1. The number of benzene rings is 2. The molecule has 2 aromatic rings. The lowest BCUT2D eigenvalue weighted by molar-refractivity contribution is 1.43. The van der Waals surface area contributed by atoms with Gasteiger partial charge in [-0.25, -0.2) is 0 Å². The predicted octanol–water partition coefficient (Wildman–Crippen LogP) is 4.08. The maximum Gasteiger partial charge on any atom is 0.0647 e. The summed E-state index contributed by atoms with van der Waals surface area (Å²) in [5.74, 6) is 0. The third-order valence-electron chi connectivity index (χ3n) is 2.40. The molecule has 0 aliphatic heterocycles. The van der Waals surface area contributed by atoms with Crippen LogP contribution in [0.4, 0.5) is 17.1 Å². The average molecular weight is 277 g/mol. The molecule has 2 nitrogen and oxygen atoms in total. The van der Waals surface area contributed by atoms with E-state index in [4.69, 9.17) is 5.73 Å². The molecular weight excluding hydrogens is 264 g/mol. The number of anilines is 3. The summed E-state index contributed by atoms with van der Waals surface area (Å²) < 4.78 is 1.05. The Kier molecular flexibility index (Phi) is 3.15. The number of nitrogens with one attached hydrogen (secondary N) is 1. The number of hydrogen-bond donors (Lipinski definition) is 2. The van der Waals surface area contributed by atoms with Gasteiger partial charge in [0.1, 0.15) is 0 Å². The number of para-hydroxylation sites is 1. The van der Waals surface area contributed by atoms with Crippen LogP contribution >= 0.6 is 15.9 Å². The number of nitrogen functional groups attached to an aromatic ring is 1. The minimum Gasteiger partial charge on any atom is -0.397 e. The van der Waals surface area contributed by atoms with Crippen LogP contribution in [0.2, 0.25) is 0 Å². The molecule has 3 heteroatoms. The Labute approximate surface area is 104 Å². The van der Waals surface area contributed by atoms with Crippen molar-refractivity contribution in [3.8, 4) is 0 Å². The van der Waals surface area contributed by atoms with Crippen LogP contribution < -0.4 is 11.1 Å². The van der Waals surface area contributed by atoms with E-state index in [0.29, 0.717) is 0 Å². The van der Waals surface area contributed by atoms with Gasteiger partial charge in [-0.05, 0) is 36.8 Å². The van der Waals surface area contributed by atoms with Crippen molar-refractivity contribution in [2.75, 3.05) is 11.1 Å². The minimum atomic E-state index is 0.764. The molecule has 0 aliphatic rings. The lowest BCUT2D eigenvalue weighted by Gasteiger charge is -2.12. The van der Waals surface area contributed by atoms with Crippen LogP contribution in [0.25, 0.3) is 0 Å². The van der Waals surface area contributed by atoms with Gasteiger partial charge in [0.25, 0.3) is 0 Å². The van der Waals surface area contributed by atoms with Crippen molar-refractivity contribution in [1.29, 1.82) is 0 Å². The maximum absolute atomic E-state index is 5.93. The van der Waals surface area contributed by atoms with Crippen molar-refractivity contribution in [3.63, 3.8) is 0 Å². The van der Waals surface area contributed by atoms with Gasteiger partial charge in [-0.3, -0.25) is 0 Å². The molecule has 0 unspecified atom stereocenters. The maximum atomic E-state index is 5.93. The summed E-state index contributed by atoms with van der Waals surface area (Å²) in [4.78, 5) is 0. The molecule has 0 radical (unpaired) electrons. The zero-order chi connectivity index (χ0) is 11.5. The molecule has 0 atom stereocenters. The topological polar surface area (TPSA) is 38.0 Å². The molecule has 2 rings (SSSR count). The van der Waals surface area contributed by atoms with E-state index in [1.54, 1.807) is 0 Å². The molecular formula is C13H13BrN2. The summed E-state index contributed by atoms with van der Waals surface area (Å²) in [6.45, 7) is 2.04. The Balaban J connectivity index is 2.34. The second kappa shape index (κ2) is 4.58. The minimum absolute atomic E-state index is 0.764. The molecule has 0 spiro atoms. The first-order valence-corrected chi connectivity index (χ1v) is 5.84. The Bertz CT molecular complexity index is 489. The third kappa shape index (κ3) is 2.36. The molecule has 0 saturated heterocycles. The van der Waals surface area contributed by atoms with Crippen molar-refractivity contribution in [3.05, 3.63) is 52.5 Å². The first-order chi connectivity index (χ1) is 7.66. The van der Waals surface area contributed by atoms with Crippen molar-refractivity contribution >= 4 is 33.0 Å². The van der Waals surface area contributed by atoms with E-state index < -0.39 is 0 Å². The fourth-order valence-corrected chi connectivity index (χ4v) is 1.97. The summed E-state index contributed by atoms with van der Waals surface area (Å²) in [6.07, 6.45) is 0. The van der Waals surface area contributed by atoms with Gasteiger partial charge in [-0.15, -0.1) is 0 Å². The zero-order valence-corrected chi connectivity index (χ0v) is 10.6. The molecule has 0 bridgehead atoms. The van der Waals surface area contributed by atoms with E-state index in [1.807, 2.05) is 49.4 Å². The summed E-state index contributed by atoms with van der Waals surface area (Å²) in [7, 11) is 0. The number of rotatable bonds is 2. The van der Waals surface area contributed by atoms with Crippen molar-refractivity contribution in [2.45, 2.75) is 6.92 Å². The average Bonchev–Trinajstić information content (AvgIpc) is 2.24. The van der Waals surface area contributed by atoms with Gasteiger partial charge < -0.3 is 11.1 Å². The normalized spacial score (nSPS) is 10.1. The van der Waals surface area contributed by atoms with Gasteiger partial charge in [0, 0.05) is 10.2 Å². The van der Waals surface area contributed by atoms with Gasteiger partial charge in [0.05, 0.1) is 11.4 Å². The second-order valence-electron chi connectivity index (χ2n) is 3.67. The smallest absolute Gasteiger partial charge is 0.0647 e. The molecule has 82 valence electrons. The number of aryl methyl sites for hydroxylation is 1.